The Balaban J connectivity index is 2.84. The predicted octanol–water partition coefficient (Wildman–Crippen LogP) is 0.470. The number of nitrogens with one attached hydrogen (secondary N) is 1. The number of rotatable bonds is 2. The Morgan fingerprint density at radius 2 is 1.79 bits per heavy atom. The fourth-order valence-corrected chi connectivity index (χ4v) is 2.31. The second-order valence-electron chi connectivity index (χ2n) is 6.13. The summed E-state index contributed by atoms with van der Waals surface area (Å²) in [6.07, 6.45) is 0.364. The Labute approximate surface area is 113 Å². The van der Waals surface area contributed by atoms with Crippen molar-refractivity contribution in [2.75, 3.05) is 13.1 Å². The molecular formula is C13H22N2O4. The van der Waals surface area contributed by atoms with Gasteiger partial charge in [-0.05, 0) is 6.42 Å². The van der Waals surface area contributed by atoms with Gasteiger partial charge in [-0.1, -0.05) is 20.8 Å². The molecule has 2 atom stereocenters. The number of amides is 2. The van der Waals surface area contributed by atoms with Crippen LogP contribution < -0.4 is 5.32 Å². The van der Waals surface area contributed by atoms with Crippen molar-refractivity contribution in [3.8, 4) is 0 Å². The maximum absolute atomic E-state index is 12.2. The van der Waals surface area contributed by atoms with Gasteiger partial charge in [0.2, 0.25) is 11.8 Å². The Kier molecular flexibility index (Phi) is 4.55. The summed E-state index contributed by atoms with van der Waals surface area (Å²) >= 11 is 0. The summed E-state index contributed by atoms with van der Waals surface area (Å²) in [5.41, 5.74) is -0.554. The van der Waals surface area contributed by atoms with Crippen molar-refractivity contribution in [1.29, 1.82) is 0 Å². The quantitative estimate of drug-likeness (QED) is 0.763. The van der Waals surface area contributed by atoms with E-state index in [4.69, 9.17) is 5.11 Å². The molecule has 0 spiro atoms. The van der Waals surface area contributed by atoms with E-state index in [1.165, 1.54) is 6.92 Å². The Morgan fingerprint density at radius 3 is 2.21 bits per heavy atom. The summed E-state index contributed by atoms with van der Waals surface area (Å²) in [6.45, 7) is 7.37. The van der Waals surface area contributed by atoms with Crippen LogP contribution in [0.4, 0.5) is 0 Å². The summed E-state index contributed by atoms with van der Waals surface area (Å²) in [4.78, 5) is 36.0. The minimum Gasteiger partial charge on any atom is -0.481 e. The Bertz CT molecular complexity index is 387. The lowest BCUT2D eigenvalue weighted by molar-refractivity contribution is -0.149. The molecule has 0 radical (unpaired) electrons. The fraction of sp³-hybridized carbons (Fsp3) is 0.769. The van der Waals surface area contributed by atoms with Crippen LogP contribution in [0, 0.1) is 11.3 Å². The second kappa shape index (κ2) is 5.59. The van der Waals surface area contributed by atoms with Gasteiger partial charge in [-0.15, -0.1) is 0 Å². The Hall–Kier alpha value is -1.59. The van der Waals surface area contributed by atoms with E-state index in [2.05, 4.69) is 5.32 Å². The zero-order chi connectivity index (χ0) is 14.8. The van der Waals surface area contributed by atoms with E-state index < -0.39 is 17.3 Å². The number of nitrogens with zero attached hydrogens (tertiary/aromatic N) is 1. The van der Waals surface area contributed by atoms with E-state index in [1.807, 2.05) is 0 Å². The van der Waals surface area contributed by atoms with Crippen LogP contribution in [0.3, 0.4) is 0 Å². The van der Waals surface area contributed by atoms with Gasteiger partial charge in [0.15, 0.2) is 0 Å². The SMILES string of the molecule is CC(=O)NC1CC(C(=O)O)CN(C(=O)C(C)(C)C)C1. The summed E-state index contributed by atoms with van der Waals surface area (Å²) in [5, 5.41) is 11.8. The molecule has 1 aliphatic heterocycles. The van der Waals surface area contributed by atoms with E-state index in [-0.39, 0.29) is 24.4 Å². The minimum atomic E-state index is -0.929. The molecule has 2 amide bonds. The number of carboxylic acid groups (broad SMARTS) is 1. The standard InChI is InChI=1S/C13H22N2O4/c1-8(16)14-10-5-9(11(17)18)6-15(7-10)12(19)13(2,3)4/h9-10H,5-7H2,1-4H3,(H,14,16)(H,17,18). The highest BCUT2D eigenvalue weighted by atomic mass is 16.4. The van der Waals surface area contributed by atoms with Crippen molar-refractivity contribution in [2.24, 2.45) is 11.3 Å². The molecule has 1 fully saturated rings. The van der Waals surface area contributed by atoms with Gasteiger partial charge in [0.25, 0.3) is 0 Å². The third-order valence-corrected chi connectivity index (χ3v) is 3.14. The normalized spacial score (nSPS) is 23.9. The third kappa shape index (κ3) is 4.22. The average molecular weight is 270 g/mol. The summed E-state index contributed by atoms with van der Waals surface area (Å²) in [7, 11) is 0. The number of carboxylic acids is 1. The molecule has 0 aromatic heterocycles. The maximum atomic E-state index is 12.2. The molecule has 1 rings (SSSR count). The van der Waals surface area contributed by atoms with Gasteiger partial charge < -0.3 is 15.3 Å². The molecule has 0 aliphatic carbocycles. The van der Waals surface area contributed by atoms with Gasteiger partial charge in [-0.25, -0.2) is 0 Å². The summed E-state index contributed by atoms with van der Waals surface area (Å²) in [6, 6.07) is -0.293. The highest BCUT2D eigenvalue weighted by molar-refractivity contribution is 5.83. The van der Waals surface area contributed by atoms with Crippen LogP contribution in [0.15, 0.2) is 0 Å². The summed E-state index contributed by atoms with van der Waals surface area (Å²) < 4.78 is 0. The number of hydrogen-bond donors (Lipinski definition) is 2. The van der Waals surface area contributed by atoms with Crippen molar-refractivity contribution >= 4 is 17.8 Å². The first-order valence-electron chi connectivity index (χ1n) is 6.40. The first-order valence-corrected chi connectivity index (χ1v) is 6.40. The molecule has 0 saturated carbocycles. The number of likely N-dealkylation sites (tertiary alicyclic amines) is 1. The molecule has 1 aliphatic rings. The van der Waals surface area contributed by atoms with Crippen LogP contribution in [-0.2, 0) is 14.4 Å². The lowest BCUT2D eigenvalue weighted by Gasteiger charge is -2.39. The molecule has 0 aromatic carbocycles. The predicted molar refractivity (Wildman–Crippen MR) is 69.4 cm³/mol. The van der Waals surface area contributed by atoms with E-state index >= 15 is 0 Å². The van der Waals surface area contributed by atoms with Crippen molar-refractivity contribution in [2.45, 2.75) is 40.2 Å². The topological polar surface area (TPSA) is 86.7 Å². The number of aliphatic carboxylic acids is 1. The van der Waals surface area contributed by atoms with Crippen LogP contribution in [0.25, 0.3) is 0 Å². The van der Waals surface area contributed by atoms with E-state index in [0.29, 0.717) is 13.0 Å². The Morgan fingerprint density at radius 1 is 1.21 bits per heavy atom. The lowest BCUT2D eigenvalue weighted by atomic mass is 9.89. The minimum absolute atomic E-state index is 0.0891. The molecule has 6 heteroatoms. The molecule has 6 nitrogen and oxygen atoms in total. The molecule has 19 heavy (non-hydrogen) atoms. The van der Waals surface area contributed by atoms with E-state index in [1.54, 1.807) is 25.7 Å². The van der Waals surface area contributed by atoms with Gasteiger partial charge in [0.05, 0.1) is 5.92 Å². The van der Waals surface area contributed by atoms with Gasteiger partial charge in [0.1, 0.15) is 0 Å². The summed E-state index contributed by atoms with van der Waals surface area (Å²) in [5.74, 6) is -1.85. The van der Waals surface area contributed by atoms with Crippen molar-refractivity contribution in [3.05, 3.63) is 0 Å². The number of hydrogen-bond acceptors (Lipinski definition) is 3. The smallest absolute Gasteiger partial charge is 0.308 e. The van der Waals surface area contributed by atoms with E-state index in [9.17, 15) is 14.4 Å². The highest BCUT2D eigenvalue weighted by Gasteiger charge is 2.37. The van der Waals surface area contributed by atoms with Gasteiger partial charge in [-0.3, -0.25) is 14.4 Å². The molecule has 2 unspecified atom stereocenters. The fourth-order valence-electron chi connectivity index (χ4n) is 2.31. The van der Waals surface area contributed by atoms with Crippen molar-refractivity contribution in [3.63, 3.8) is 0 Å². The van der Waals surface area contributed by atoms with Crippen LogP contribution >= 0.6 is 0 Å². The van der Waals surface area contributed by atoms with Crippen LogP contribution in [0.1, 0.15) is 34.1 Å². The number of piperidine rings is 1. The maximum Gasteiger partial charge on any atom is 0.308 e. The van der Waals surface area contributed by atoms with Crippen LogP contribution in [0.2, 0.25) is 0 Å². The largest absolute Gasteiger partial charge is 0.481 e. The zero-order valence-corrected chi connectivity index (χ0v) is 11.9. The van der Waals surface area contributed by atoms with Gasteiger partial charge in [-0.2, -0.15) is 0 Å². The lowest BCUT2D eigenvalue weighted by Crippen LogP contribution is -2.55. The number of carbonyl (C=O) groups excluding carboxylic acids is 2. The van der Waals surface area contributed by atoms with E-state index in [0.717, 1.165) is 0 Å². The zero-order valence-electron chi connectivity index (χ0n) is 11.9. The molecule has 0 aromatic rings. The molecule has 1 saturated heterocycles. The molecule has 108 valence electrons. The first kappa shape index (κ1) is 15.5. The van der Waals surface area contributed by atoms with Gasteiger partial charge in [0, 0.05) is 31.5 Å². The average Bonchev–Trinajstić information content (AvgIpc) is 2.25. The first-order chi connectivity index (χ1) is 8.61. The third-order valence-electron chi connectivity index (χ3n) is 3.14. The molecule has 0 bridgehead atoms. The van der Waals surface area contributed by atoms with Crippen LogP contribution in [0.5, 0.6) is 0 Å². The molecular weight excluding hydrogens is 248 g/mol. The monoisotopic (exact) mass is 270 g/mol. The van der Waals surface area contributed by atoms with Crippen molar-refractivity contribution < 1.29 is 19.5 Å². The van der Waals surface area contributed by atoms with Crippen molar-refractivity contribution in [1.82, 2.24) is 10.2 Å². The molecule has 2 N–H and O–H groups in total. The van der Waals surface area contributed by atoms with Gasteiger partial charge >= 0.3 is 5.97 Å². The highest BCUT2D eigenvalue weighted by Crippen LogP contribution is 2.24. The molecule has 1 heterocycles. The number of carbonyl (C=O) groups is 3. The van der Waals surface area contributed by atoms with Crippen LogP contribution in [-0.4, -0.2) is 46.9 Å². The second-order valence-corrected chi connectivity index (χ2v) is 6.13.